The fourth-order valence-corrected chi connectivity index (χ4v) is 2.34. The molecule has 2 unspecified atom stereocenters. The van der Waals surface area contributed by atoms with Gasteiger partial charge in [0.2, 0.25) is 5.91 Å². The molecule has 0 saturated carbocycles. The quantitative estimate of drug-likeness (QED) is 0.677. The number of hydrogen-bond donors (Lipinski definition) is 1. The predicted molar refractivity (Wildman–Crippen MR) is 67.1 cm³/mol. The Hall–Kier alpha value is -0.570. The first kappa shape index (κ1) is 13.5. The highest BCUT2D eigenvalue weighted by Crippen LogP contribution is 2.16. The maximum atomic E-state index is 11.9. The maximum Gasteiger partial charge on any atom is 0.240 e. The smallest absolute Gasteiger partial charge is 0.240 e. The number of rotatable bonds is 7. The zero-order valence-corrected chi connectivity index (χ0v) is 11.0. The second-order valence-electron chi connectivity index (χ2n) is 4.79. The number of amides is 1. The molecule has 2 atom stereocenters. The van der Waals surface area contributed by atoms with Crippen LogP contribution in [0.3, 0.4) is 0 Å². The molecular formula is C13H26N2O. The Morgan fingerprint density at radius 1 is 1.19 bits per heavy atom. The molecule has 1 N–H and O–H groups in total. The van der Waals surface area contributed by atoms with Crippen LogP contribution >= 0.6 is 0 Å². The molecule has 1 saturated heterocycles. The lowest BCUT2D eigenvalue weighted by Gasteiger charge is -2.23. The average molecular weight is 226 g/mol. The van der Waals surface area contributed by atoms with Gasteiger partial charge in [0.1, 0.15) is 0 Å². The summed E-state index contributed by atoms with van der Waals surface area (Å²) in [5.41, 5.74) is 0. The standard InChI is InChI=1S/C13H26N2O/c1-4-6-7-8-10-15-12(9-5-2)14-11(3)13(15)16/h11-12,14H,4-10H2,1-3H3. The summed E-state index contributed by atoms with van der Waals surface area (Å²) in [7, 11) is 0. The van der Waals surface area contributed by atoms with Crippen LogP contribution in [0.15, 0.2) is 0 Å². The fourth-order valence-electron chi connectivity index (χ4n) is 2.34. The summed E-state index contributed by atoms with van der Waals surface area (Å²) in [6.45, 7) is 7.28. The van der Waals surface area contributed by atoms with E-state index in [1.54, 1.807) is 0 Å². The largest absolute Gasteiger partial charge is 0.326 e. The molecule has 1 amide bonds. The first-order valence-electron chi connectivity index (χ1n) is 6.77. The van der Waals surface area contributed by atoms with E-state index >= 15 is 0 Å². The van der Waals surface area contributed by atoms with Gasteiger partial charge in [0.15, 0.2) is 0 Å². The number of carbonyl (C=O) groups excluding carboxylic acids is 1. The third-order valence-corrected chi connectivity index (χ3v) is 3.29. The van der Waals surface area contributed by atoms with Crippen molar-refractivity contribution in [2.75, 3.05) is 6.54 Å². The van der Waals surface area contributed by atoms with E-state index in [-0.39, 0.29) is 18.1 Å². The molecule has 1 heterocycles. The van der Waals surface area contributed by atoms with E-state index in [2.05, 4.69) is 19.2 Å². The summed E-state index contributed by atoms with van der Waals surface area (Å²) in [4.78, 5) is 14.0. The van der Waals surface area contributed by atoms with Crippen LogP contribution < -0.4 is 5.32 Å². The predicted octanol–water partition coefficient (Wildman–Crippen LogP) is 2.51. The lowest BCUT2D eigenvalue weighted by molar-refractivity contribution is -0.129. The molecule has 0 aromatic rings. The number of carbonyl (C=O) groups is 1. The molecule has 1 fully saturated rings. The van der Waals surface area contributed by atoms with Crippen LogP contribution in [0.1, 0.15) is 59.3 Å². The Labute approximate surface area is 99.6 Å². The zero-order valence-electron chi connectivity index (χ0n) is 11.0. The minimum absolute atomic E-state index is 0.0164. The van der Waals surface area contributed by atoms with Crippen molar-refractivity contribution in [1.29, 1.82) is 0 Å². The molecule has 1 aliphatic rings. The Morgan fingerprint density at radius 3 is 2.56 bits per heavy atom. The molecular weight excluding hydrogens is 200 g/mol. The third-order valence-electron chi connectivity index (χ3n) is 3.29. The molecule has 0 aromatic carbocycles. The summed E-state index contributed by atoms with van der Waals surface area (Å²) in [5, 5.41) is 3.37. The monoisotopic (exact) mass is 226 g/mol. The minimum atomic E-state index is 0.0164. The summed E-state index contributed by atoms with van der Waals surface area (Å²) >= 11 is 0. The lowest BCUT2D eigenvalue weighted by Crippen LogP contribution is -2.37. The second-order valence-corrected chi connectivity index (χ2v) is 4.79. The zero-order chi connectivity index (χ0) is 12.0. The van der Waals surface area contributed by atoms with Crippen molar-refractivity contribution in [3.63, 3.8) is 0 Å². The first-order chi connectivity index (χ1) is 7.70. The maximum absolute atomic E-state index is 11.9. The SMILES string of the molecule is CCCCCCN1C(=O)C(C)NC1CCC. The fraction of sp³-hybridized carbons (Fsp3) is 0.923. The van der Waals surface area contributed by atoms with Crippen LogP contribution in [-0.2, 0) is 4.79 Å². The van der Waals surface area contributed by atoms with Gasteiger partial charge in [0.25, 0.3) is 0 Å². The topological polar surface area (TPSA) is 32.3 Å². The van der Waals surface area contributed by atoms with E-state index in [0.717, 1.165) is 25.8 Å². The lowest BCUT2D eigenvalue weighted by atomic mass is 10.2. The van der Waals surface area contributed by atoms with Crippen molar-refractivity contribution in [3.8, 4) is 0 Å². The second kappa shape index (κ2) is 6.89. The number of nitrogens with zero attached hydrogens (tertiary/aromatic N) is 1. The molecule has 94 valence electrons. The summed E-state index contributed by atoms with van der Waals surface area (Å²) in [6.07, 6.45) is 7.41. The molecule has 3 nitrogen and oxygen atoms in total. The van der Waals surface area contributed by atoms with Crippen molar-refractivity contribution in [3.05, 3.63) is 0 Å². The van der Waals surface area contributed by atoms with Crippen LogP contribution in [0.25, 0.3) is 0 Å². The van der Waals surface area contributed by atoms with Crippen molar-refractivity contribution in [1.82, 2.24) is 10.2 Å². The van der Waals surface area contributed by atoms with Gasteiger partial charge in [-0.05, 0) is 19.8 Å². The summed E-state index contributed by atoms with van der Waals surface area (Å²) in [6, 6.07) is 0.0164. The van der Waals surface area contributed by atoms with Gasteiger partial charge >= 0.3 is 0 Å². The summed E-state index contributed by atoms with van der Waals surface area (Å²) < 4.78 is 0. The molecule has 0 bridgehead atoms. The molecule has 1 aliphatic heterocycles. The minimum Gasteiger partial charge on any atom is -0.326 e. The van der Waals surface area contributed by atoms with Gasteiger partial charge in [-0.25, -0.2) is 0 Å². The van der Waals surface area contributed by atoms with E-state index < -0.39 is 0 Å². The molecule has 0 spiro atoms. The first-order valence-corrected chi connectivity index (χ1v) is 6.77. The van der Waals surface area contributed by atoms with Crippen LogP contribution in [0.5, 0.6) is 0 Å². The Bertz CT molecular complexity index is 218. The van der Waals surface area contributed by atoms with Crippen molar-refractivity contribution >= 4 is 5.91 Å². The Kier molecular flexibility index (Phi) is 5.81. The van der Waals surface area contributed by atoms with Gasteiger partial charge in [0, 0.05) is 6.54 Å². The third kappa shape index (κ3) is 3.48. The van der Waals surface area contributed by atoms with Crippen LogP contribution in [-0.4, -0.2) is 29.6 Å². The van der Waals surface area contributed by atoms with E-state index in [9.17, 15) is 4.79 Å². The number of unbranched alkanes of at least 4 members (excludes halogenated alkanes) is 3. The normalized spacial score (nSPS) is 25.4. The molecule has 0 radical (unpaired) electrons. The molecule has 3 heteroatoms. The van der Waals surface area contributed by atoms with Gasteiger partial charge in [-0.2, -0.15) is 0 Å². The van der Waals surface area contributed by atoms with Gasteiger partial charge in [-0.3, -0.25) is 10.1 Å². The van der Waals surface area contributed by atoms with E-state index in [1.807, 2.05) is 11.8 Å². The molecule has 1 rings (SSSR count). The highest BCUT2D eigenvalue weighted by molar-refractivity contribution is 5.83. The number of nitrogens with one attached hydrogen (secondary N) is 1. The van der Waals surface area contributed by atoms with Gasteiger partial charge in [0.05, 0.1) is 12.2 Å². The van der Waals surface area contributed by atoms with E-state index in [4.69, 9.17) is 0 Å². The van der Waals surface area contributed by atoms with Gasteiger partial charge < -0.3 is 4.90 Å². The van der Waals surface area contributed by atoms with Crippen molar-refractivity contribution in [2.24, 2.45) is 0 Å². The molecule has 0 aromatic heterocycles. The van der Waals surface area contributed by atoms with E-state index in [1.165, 1.54) is 19.3 Å². The summed E-state index contributed by atoms with van der Waals surface area (Å²) in [5.74, 6) is 0.287. The molecule has 0 aliphatic carbocycles. The molecule has 16 heavy (non-hydrogen) atoms. The van der Waals surface area contributed by atoms with Gasteiger partial charge in [-0.15, -0.1) is 0 Å². The number of hydrogen-bond acceptors (Lipinski definition) is 2. The van der Waals surface area contributed by atoms with Crippen LogP contribution in [0.4, 0.5) is 0 Å². The highest BCUT2D eigenvalue weighted by atomic mass is 16.2. The Morgan fingerprint density at radius 2 is 1.94 bits per heavy atom. The van der Waals surface area contributed by atoms with E-state index in [0.29, 0.717) is 0 Å². The van der Waals surface area contributed by atoms with Gasteiger partial charge in [-0.1, -0.05) is 39.5 Å². The van der Waals surface area contributed by atoms with Crippen LogP contribution in [0.2, 0.25) is 0 Å². The van der Waals surface area contributed by atoms with Crippen molar-refractivity contribution < 1.29 is 4.79 Å². The highest BCUT2D eigenvalue weighted by Gasteiger charge is 2.34. The van der Waals surface area contributed by atoms with Crippen LogP contribution in [0, 0.1) is 0 Å². The Balaban J connectivity index is 2.37. The average Bonchev–Trinajstić information content (AvgIpc) is 2.52. The van der Waals surface area contributed by atoms with Crippen molar-refractivity contribution in [2.45, 2.75) is 71.5 Å².